The fourth-order valence-corrected chi connectivity index (χ4v) is 5.05. The molecule has 1 atom stereocenters. The minimum absolute atomic E-state index is 0.00357. The van der Waals surface area contributed by atoms with Crippen LogP contribution in [-0.4, -0.2) is 91.1 Å². The number of rotatable bonds is 9. The number of amides is 2. The lowest BCUT2D eigenvalue weighted by Gasteiger charge is -2.33. The van der Waals surface area contributed by atoms with Crippen LogP contribution in [0, 0.1) is 0 Å². The third-order valence-corrected chi connectivity index (χ3v) is 7.29. The van der Waals surface area contributed by atoms with Crippen LogP contribution >= 0.6 is 23.8 Å². The van der Waals surface area contributed by atoms with Crippen LogP contribution in [0.2, 0.25) is 5.02 Å². The van der Waals surface area contributed by atoms with E-state index in [1.54, 1.807) is 55.6 Å². The predicted molar refractivity (Wildman–Crippen MR) is 147 cm³/mol. The second-order valence-electron chi connectivity index (χ2n) is 9.12. The first kappa shape index (κ1) is 26.3. The fourth-order valence-electron chi connectivity index (χ4n) is 4.51. The van der Waals surface area contributed by atoms with Crippen LogP contribution < -0.4 is 15.0 Å². The number of halogens is 1. The second kappa shape index (κ2) is 12.0. The number of hydrogen-bond donors (Lipinski definition) is 1. The van der Waals surface area contributed by atoms with Gasteiger partial charge in [0.15, 0.2) is 5.11 Å². The summed E-state index contributed by atoms with van der Waals surface area (Å²) >= 11 is 11.8. The van der Waals surface area contributed by atoms with Gasteiger partial charge in [-0.2, -0.15) is 0 Å². The number of nitrogens with one attached hydrogen (secondary N) is 1. The third kappa shape index (κ3) is 6.34. The molecule has 2 saturated heterocycles. The van der Waals surface area contributed by atoms with Crippen LogP contribution in [0.4, 0.5) is 11.4 Å². The molecule has 8 nitrogen and oxygen atoms in total. The zero-order valence-electron chi connectivity index (χ0n) is 20.7. The molecule has 2 fully saturated rings. The molecule has 0 aliphatic carbocycles. The van der Waals surface area contributed by atoms with Crippen LogP contribution in [-0.2, 0) is 9.59 Å². The first-order valence-corrected chi connectivity index (χ1v) is 12.9. The van der Waals surface area contributed by atoms with E-state index in [9.17, 15) is 9.59 Å². The van der Waals surface area contributed by atoms with Gasteiger partial charge in [-0.1, -0.05) is 11.6 Å². The SMILES string of the molecule is COc1ccc(NC(=O)CC2C(=O)N(c3ccc(Cl)cc3)C(=S)N2CCCN2CCN(C)CC2)cc1. The van der Waals surface area contributed by atoms with Crippen LogP contribution in [0.5, 0.6) is 5.75 Å². The topological polar surface area (TPSA) is 68.4 Å². The Morgan fingerprint density at radius 3 is 2.36 bits per heavy atom. The summed E-state index contributed by atoms with van der Waals surface area (Å²) in [7, 11) is 3.73. The highest BCUT2D eigenvalue weighted by atomic mass is 35.5. The Bertz CT molecular complexity index is 1070. The molecule has 0 spiro atoms. The van der Waals surface area contributed by atoms with E-state index in [2.05, 4.69) is 22.2 Å². The minimum atomic E-state index is -0.668. The average Bonchev–Trinajstić information content (AvgIpc) is 3.10. The molecular formula is C26H32ClN5O3S. The Hall–Kier alpha value is -2.72. The molecule has 0 saturated carbocycles. The van der Waals surface area contributed by atoms with Crippen molar-refractivity contribution in [3.8, 4) is 5.75 Å². The maximum atomic E-state index is 13.5. The molecule has 2 aliphatic rings. The zero-order chi connectivity index (χ0) is 25.7. The number of carbonyl (C=O) groups excluding carboxylic acids is 2. The van der Waals surface area contributed by atoms with Crippen molar-refractivity contribution in [1.82, 2.24) is 14.7 Å². The number of nitrogens with zero attached hydrogens (tertiary/aromatic N) is 4. The molecular weight excluding hydrogens is 498 g/mol. The van der Waals surface area contributed by atoms with Crippen molar-refractivity contribution in [2.24, 2.45) is 0 Å². The molecule has 0 aromatic heterocycles. The molecule has 10 heteroatoms. The molecule has 2 aliphatic heterocycles. The predicted octanol–water partition coefficient (Wildman–Crippen LogP) is 3.32. The highest BCUT2D eigenvalue weighted by Crippen LogP contribution is 2.29. The number of methoxy groups -OCH3 is 1. The Labute approximate surface area is 222 Å². The first-order valence-electron chi connectivity index (χ1n) is 12.1. The van der Waals surface area contributed by atoms with E-state index in [4.69, 9.17) is 28.6 Å². The Morgan fingerprint density at radius 1 is 1.06 bits per heavy atom. The molecule has 2 aromatic rings. The first-order chi connectivity index (χ1) is 17.4. The summed E-state index contributed by atoms with van der Waals surface area (Å²) in [6, 6.07) is 13.4. The van der Waals surface area contributed by atoms with Crippen LogP contribution in [0.25, 0.3) is 0 Å². The number of benzene rings is 2. The van der Waals surface area contributed by atoms with Gasteiger partial charge in [-0.15, -0.1) is 0 Å². The van der Waals surface area contributed by atoms with Crippen molar-refractivity contribution >= 4 is 52.1 Å². The summed E-state index contributed by atoms with van der Waals surface area (Å²) in [4.78, 5) is 34.7. The summed E-state index contributed by atoms with van der Waals surface area (Å²) in [6.45, 7) is 5.70. The van der Waals surface area contributed by atoms with Gasteiger partial charge in [-0.05, 0) is 80.8 Å². The van der Waals surface area contributed by atoms with Crippen LogP contribution in [0.15, 0.2) is 48.5 Å². The fraction of sp³-hybridized carbons (Fsp3) is 0.423. The highest BCUT2D eigenvalue weighted by molar-refractivity contribution is 7.80. The van der Waals surface area contributed by atoms with Crippen molar-refractivity contribution in [2.45, 2.75) is 18.9 Å². The van der Waals surface area contributed by atoms with Gasteiger partial charge < -0.3 is 24.8 Å². The number of thiocarbonyl (C=S) groups is 1. The molecule has 2 aromatic carbocycles. The number of hydrogen-bond acceptors (Lipinski definition) is 6. The quantitative estimate of drug-likeness (QED) is 0.500. The molecule has 0 bridgehead atoms. The summed E-state index contributed by atoms with van der Waals surface area (Å²) in [6.07, 6.45) is 0.853. The van der Waals surface area contributed by atoms with Gasteiger partial charge in [0.25, 0.3) is 5.91 Å². The van der Waals surface area contributed by atoms with Gasteiger partial charge in [0.05, 0.1) is 19.2 Å². The van der Waals surface area contributed by atoms with Gasteiger partial charge in [0.2, 0.25) is 5.91 Å². The van der Waals surface area contributed by atoms with E-state index in [-0.39, 0.29) is 18.2 Å². The molecule has 1 unspecified atom stereocenters. The summed E-state index contributed by atoms with van der Waals surface area (Å²) in [5.41, 5.74) is 1.29. The molecule has 36 heavy (non-hydrogen) atoms. The van der Waals surface area contributed by atoms with E-state index in [1.807, 2.05) is 4.90 Å². The number of likely N-dealkylation sites (N-methyl/N-ethyl adjacent to an activating group) is 1. The zero-order valence-corrected chi connectivity index (χ0v) is 22.2. The lowest BCUT2D eigenvalue weighted by atomic mass is 10.1. The molecule has 1 N–H and O–H groups in total. The summed E-state index contributed by atoms with van der Waals surface area (Å²) in [5.74, 6) is 0.254. The lowest BCUT2D eigenvalue weighted by molar-refractivity contribution is -0.124. The smallest absolute Gasteiger partial charge is 0.256 e. The van der Waals surface area contributed by atoms with Gasteiger partial charge in [0, 0.05) is 43.4 Å². The Kier molecular flexibility index (Phi) is 8.79. The Balaban J connectivity index is 1.45. The van der Waals surface area contributed by atoms with Crippen LogP contribution in [0.3, 0.4) is 0 Å². The third-order valence-electron chi connectivity index (χ3n) is 6.63. The van der Waals surface area contributed by atoms with E-state index in [0.717, 1.165) is 39.1 Å². The summed E-state index contributed by atoms with van der Waals surface area (Å²) < 4.78 is 5.17. The molecule has 2 amide bonds. The van der Waals surface area contributed by atoms with E-state index >= 15 is 0 Å². The normalized spacial score (nSPS) is 19.1. The van der Waals surface area contributed by atoms with Crippen molar-refractivity contribution in [3.05, 3.63) is 53.6 Å². The highest BCUT2D eigenvalue weighted by Gasteiger charge is 2.43. The van der Waals surface area contributed by atoms with Crippen LogP contribution in [0.1, 0.15) is 12.8 Å². The van der Waals surface area contributed by atoms with E-state index < -0.39 is 6.04 Å². The number of ether oxygens (including phenoxy) is 1. The van der Waals surface area contributed by atoms with Gasteiger partial charge in [0.1, 0.15) is 11.8 Å². The van der Waals surface area contributed by atoms with Crippen molar-refractivity contribution in [3.63, 3.8) is 0 Å². The van der Waals surface area contributed by atoms with Gasteiger partial charge in [-0.3, -0.25) is 14.5 Å². The van der Waals surface area contributed by atoms with Gasteiger partial charge >= 0.3 is 0 Å². The maximum absolute atomic E-state index is 13.5. The minimum Gasteiger partial charge on any atom is -0.497 e. The molecule has 4 rings (SSSR count). The standard InChI is InChI=1S/C26H32ClN5O3S/c1-29-14-16-30(17-15-29)12-3-13-31-23(18-24(33)28-20-6-10-22(35-2)11-7-20)25(34)32(26(31)36)21-8-4-19(27)5-9-21/h4-11,23H,3,12-18H2,1-2H3,(H,28,33). The van der Waals surface area contributed by atoms with E-state index in [0.29, 0.717) is 33.8 Å². The van der Waals surface area contributed by atoms with Gasteiger partial charge in [-0.25, -0.2) is 0 Å². The van der Waals surface area contributed by atoms with E-state index in [1.165, 1.54) is 4.90 Å². The Morgan fingerprint density at radius 2 is 1.72 bits per heavy atom. The second-order valence-corrected chi connectivity index (χ2v) is 9.92. The monoisotopic (exact) mass is 529 g/mol. The van der Waals surface area contributed by atoms with Crippen molar-refractivity contribution in [1.29, 1.82) is 0 Å². The largest absolute Gasteiger partial charge is 0.497 e. The maximum Gasteiger partial charge on any atom is 0.256 e. The number of carbonyl (C=O) groups is 2. The summed E-state index contributed by atoms with van der Waals surface area (Å²) in [5, 5.41) is 3.88. The number of piperazine rings is 1. The average molecular weight is 530 g/mol. The molecule has 0 radical (unpaired) electrons. The lowest BCUT2D eigenvalue weighted by Crippen LogP contribution is -2.45. The van der Waals surface area contributed by atoms with Crippen molar-refractivity contribution < 1.29 is 14.3 Å². The molecule has 2 heterocycles. The molecule has 192 valence electrons. The van der Waals surface area contributed by atoms with Crippen molar-refractivity contribution in [2.75, 3.05) is 63.6 Å². The number of anilines is 2.